The van der Waals surface area contributed by atoms with E-state index in [4.69, 9.17) is 4.42 Å². The Kier molecular flexibility index (Phi) is 6.57. The van der Waals surface area contributed by atoms with Gasteiger partial charge in [0.25, 0.3) is 0 Å². The third kappa shape index (κ3) is 6.03. The molecular weight excluding hydrogens is 384 g/mol. The van der Waals surface area contributed by atoms with Gasteiger partial charge in [-0.15, -0.1) is 0 Å². The van der Waals surface area contributed by atoms with Gasteiger partial charge in [-0.05, 0) is 62.6 Å². The standard InChI is InChI=1S/C23H28N2O3S/c1-18(25-23(2,3)16-19-8-5-4-6-9-19)20-11-13-22(14-12-20)29(26,27)24-17-21-10-7-15-28-21/h4-15,18,24-25H,16-17H2,1-3H3/t18-/m0/s1. The van der Waals surface area contributed by atoms with Crippen LogP contribution in [0.4, 0.5) is 0 Å². The van der Waals surface area contributed by atoms with Gasteiger partial charge >= 0.3 is 0 Å². The van der Waals surface area contributed by atoms with E-state index in [0.29, 0.717) is 5.76 Å². The van der Waals surface area contributed by atoms with E-state index in [0.717, 1.165) is 12.0 Å². The predicted molar refractivity (Wildman–Crippen MR) is 115 cm³/mol. The summed E-state index contributed by atoms with van der Waals surface area (Å²) in [6, 6.07) is 20.9. The third-order valence-corrected chi connectivity index (χ3v) is 6.22. The van der Waals surface area contributed by atoms with Gasteiger partial charge in [0.2, 0.25) is 10.0 Å². The first kappa shape index (κ1) is 21.3. The fraction of sp³-hybridized carbons (Fsp3) is 0.304. The van der Waals surface area contributed by atoms with Crippen LogP contribution in [-0.4, -0.2) is 14.0 Å². The maximum Gasteiger partial charge on any atom is 0.240 e. The van der Waals surface area contributed by atoms with E-state index in [2.05, 4.69) is 42.9 Å². The molecule has 6 heteroatoms. The highest BCUT2D eigenvalue weighted by Crippen LogP contribution is 2.21. The Hall–Kier alpha value is -2.41. The summed E-state index contributed by atoms with van der Waals surface area (Å²) in [5.74, 6) is 0.573. The van der Waals surface area contributed by atoms with Crippen LogP contribution in [0.5, 0.6) is 0 Å². The van der Waals surface area contributed by atoms with E-state index in [1.807, 2.05) is 30.3 Å². The molecule has 29 heavy (non-hydrogen) atoms. The predicted octanol–water partition coefficient (Wildman–Crippen LogP) is 4.43. The number of nitrogens with one attached hydrogen (secondary N) is 2. The van der Waals surface area contributed by atoms with E-state index in [1.165, 1.54) is 11.8 Å². The van der Waals surface area contributed by atoms with E-state index in [-0.39, 0.29) is 23.0 Å². The SMILES string of the molecule is C[C@H](NC(C)(C)Cc1ccccc1)c1ccc(S(=O)(=O)NCc2ccco2)cc1. The molecule has 0 saturated heterocycles. The molecule has 154 valence electrons. The lowest BCUT2D eigenvalue weighted by Gasteiger charge is -2.31. The molecule has 3 aromatic rings. The fourth-order valence-corrected chi connectivity index (χ4v) is 4.42. The zero-order valence-electron chi connectivity index (χ0n) is 17.1. The molecule has 1 atom stereocenters. The van der Waals surface area contributed by atoms with Crippen molar-refractivity contribution in [2.45, 2.75) is 50.2 Å². The molecule has 0 aliphatic heterocycles. The Bertz CT molecular complexity index is 996. The van der Waals surface area contributed by atoms with Gasteiger partial charge in [0.05, 0.1) is 17.7 Å². The lowest BCUT2D eigenvalue weighted by Crippen LogP contribution is -2.42. The van der Waals surface area contributed by atoms with Crippen molar-refractivity contribution in [1.82, 2.24) is 10.0 Å². The third-order valence-electron chi connectivity index (χ3n) is 4.80. The van der Waals surface area contributed by atoms with E-state index in [1.54, 1.807) is 24.3 Å². The van der Waals surface area contributed by atoms with Gasteiger partial charge in [-0.25, -0.2) is 13.1 Å². The van der Waals surface area contributed by atoms with Crippen LogP contribution in [0.1, 0.15) is 43.7 Å². The first-order chi connectivity index (χ1) is 13.8. The van der Waals surface area contributed by atoms with Gasteiger partial charge in [-0.3, -0.25) is 0 Å². The van der Waals surface area contributed by atoms with E-state index >= 15 is 0 Å². The smallest absolute Gasteiger partial charge is 0.240 e. The van der Waals surface area contributed by atoms with Gasteiger partial charge < -0.3 is 9.73 Å². The lowest BCUT2D eigenvalue weighted by atomic mass is 9.93. The minimum absolute atomic E-state index is 0.0848. The number of hydrogen-bond donors (Lipinski definition) is 2. The molecule has 3 rings (SSSR count). The molecule has 0 fully saturated rings. The molecule has 5 nitrogen and oxygen atoms in total. The topological polar surface area (TPSA) is 71.3 Å². The van der Waals surface area contributed by atoms with Crippen molar-refractivity contribution in [2.75, 3.05) is 0 Å². The normalized spacial score (nSPS) is 13.3. The fourth-order valence-electron chi connectivity index (χ4n) is 3.42. The minimum atomic E-state index is -3.59. The van der Waals surface area contributed by atoms with Crippen LogP contribution < -0.4 is 10.0 Å². The molecule has 2 N–H and O–H groups in total. The Labute approximate surface area is 173 Å². The molecule has 0 amide bonds. The van der Waals surface area contributed by atoms with Crippen molar-refractivity contribution >= 4 is 10.0 Å². The van der Waals surface area contributed by atoms with Crippen molar-refractivity contribution in [3.8, 4) is 0 Å². The Morgan fingerprint density at radius 1 is 0.966 bits per heavy atom. The summed E-state index contributed by atoms with van der Waals surface area (Å²) in [7, 11) is -3.59. The molecular formula is C23H28N2O3S. The first-order valence-corrected chi connectivity index (χ1v) is 11.2. The van der Waals surface area contributed by atoms with Gasteiger partial charge in [0.1, 0.15) is 5.76 Å². The van der Waals surface area contributed by atoms with Crippen LogP contribution >= 0.6 is 0 Å². The molecule has 1 aromatic heterocycles. The summed E-state index contributed by atoms with van der Waals surface area (Å²) in [6.07, 6.45) is 2.42. The second-order valence-corrected chi connectivity index (χ2v) is 9.65. The summed E-state index contributed by atoms with van der Waals surface area (Å²) >= 11 is 0. The van der Waals surface area contributed by atoms with E-state index < -0.39 is 10.0 Å². The minimum Gasteiger partial charge on any atom is -0.468 e. The Balaban J connectivity index is 1.62. The average Bonchev–Trinajstić information content (AvgIpc) is 3.20. The molecule has 0 spiro atoms. The summed E-state index contributed by atoms with van der Waals surface area (Å²) in [5, 5.41) is 3.65. The van der Waals surface area contributed by atoms with Gasteiger partial charge in [0.15, 0.2) is 0 Å². The van der Waals surface area contributed by atoms with Crippen LogP contribution in [0.2, 0.25) is 0 Å². The monoisotopic (exact) mass is 412 g/mol. The Morgan fingerprint density at radius 2 is 1.66 bits per heavy atom. The van der Waals surface area contributed by atoms with Crippen LogP contribution in [0, 0.1) is 0 Å². The number of benzene rings is 2. The van der Waals surface area contributed by atoms with Crippen molar-refractivity contribution in [1.29, 1.82) is 0 Å². The number of hydrogen-bond acceptors (Lipinski definition) is 4. The van der Waals surface area contributed by atoms with Crippen LogP contribution in [-0.2, 0) is 23.0 Å². The average molecular weight is 413 g/mol. The first-order valence-electron chi connectivity index (χ1n) is 9.69. The van der Waals surface area contributed by atoms with Crippen LogP contribution in [0.25, 0.3) is 0 Å². The van der Waals surface area contributed by atoms with Gasteiger partial charge in [0, 0.05) is 11.6 Å². The highest BCUT2D eigenvalue weighted by molar-refractivity contribution is 7.89. The van der Waals surface area contributed by atoms with Crippen molar-refractivity contribution < 1.29 is 12.8 Å². The summed E-state index contributed by atoms with van der Waals surface area (Å²) in [5.41, 5.74) is 2.22. The molecule has 1 heterocycles. The zero-order valence-corrected chi connectivity index (χ0v) is 17.9. The number of rotatable bonds is 9. The lowest BCUT2D eigenvalue weighted by molar-refractivity contribution is 0.345. The summed E-state index contributed by atoms with van der Waals surface area (Å²) < 4.78 is 32.7. The highest BCUT2D eigenvalue weighted by atomic mass is 32.2. The second-order valence-electron chi connectivity index (χ2n) is 7.89. The maximum absolute atomic E-state index is 12.5. The molecule has 0 bridgehead atoms. The van der Waals surface area contributed by atoms with Crippen molar-refractivity contribution in [2.24, 2.45) is 0 Å². The number of sulfonamides is 1. The largest absolute Gasteiger partial charge is 0.468 e. The summed E-state index contributed by atoms with van der Waals surface area (Å²) in [4.78, 5) is 0.239. The van der Waals surface area contributed by atoms with E-state index in [9.17, 15) is 8.42 Å². The summed E-state index contributed by atoms with van der Waals surface area (Å²) in [6.45, 7) is 6.57. The molecule has 0 unspecified atom stereocenters. The quantitative estimate of drug-likeness (QED) is 0.545. The zero-order chi connectivity index (χ0) is 20.9. The van der Waals surface area contributed by atoms with Crippen LogP contribution in [0.15, 0.2) is 82.3 Å². The van der Waals surface area contributed by atoms with Crippen LogP contribution in [0.3, 0.4) is 0 Å². The molecule has 0 radical (unpaired) electrons. The van der Waals surface area contributed by atoms with Gasteiger partial charge in [-0.1, -0.05) is 42.5 Å². The molecule has 0 saturated carbocycles. The van der Waals surface area contributed by atoms with Crippen molar-refractivity contribution in [3.63, 3.8) is 0 Å². The molecule has 0 aliphatic carbocycles. The molecule has 0 aliphatic rings. The Morgan fingerprint density at radius 3 is 2.28 bits per heavy atom. The highest BCUT2D eigenvalue weighted by Gasteiger charge is 2.22. The van der Waals surface area contributed by atoms with Gasteiger partial charge in [-0.2, -0.15) is 0 Å². The van der Waals surface area contributed by atoms with Crippen molar-refractivity contribution in [3.05, 3.63) is 89.9 Å². The maximum atomic E-state index is 12.5. The second kappa shape index (κ2) is 8.95. The molecule has 2 aromatic carbocycles. The number of furan rings is 1.